The van der Waals surface area contributed by atoms with Crippen molar-refractivity contribution < 1.29 is 22.7 Å². The number of amides is 1. The van der Waals surface area contributed by atoms with Crippen LogP contribution in [0.1, 0.15) is 66.8 Å². The molecule has 188 valence electrons. The van der Waals surface area contributed by atoms with Crippen LogP contribution in [-0.4, -0.2) is 46.3 Å². The highest BCUT2D eigenvalue weighted by molar-refractivity contribution is 7.12. The summed E-state index contributed by atoms with van der Waals surface area (Å²) in [6, 6.07) is 1.69. The van der Waals surface area contributed by atoms with Crippen molar-refractivity contribution in [2.75, 3.05) is 19.7 Å². The van der Waals surface area contributed by atoms with E-state index < -0.39 is 16.7 Å². The maximum atomic E-state index is 13.2. The molecule has 1 N–H and O–H groups in total. The van der Waals surface area contributed by atoms with Gasteiger partial charge in [-0.3, -0.25) is 14.4 Å². The number of likely N-dealkylation sites (tertiary alicyclic amines) is 1. The molecule has 0 unspecified atom stereocenters. The molecule has 1 saturated heterocycles. The molecular formula is C24H33F3N4O2S. The predicted molar refractivity (Wildman–Crippen MR) is 125 cm³/mol. The number of hydrogen-bond acceptors (Lipinski definition) is 5. The standard InChI is InChI=1S/C22H27F3N4O2S.C2H6/c23-22(24,25)18-11-16-4-10-31-21(20(16)32-18)5-8-28(9-6-21)13-15-12-26-29(14-15)7-3-19(30)27-17-1-2-17;1-2/h11-12,14,17H,1-10,13H2,(H,27,30);1-2H3. The van der Waals surface area contributed by atoms with Crippen LogP contribution in [0.25, 0.3) is 0 Å². The SMILES string of the molecule is CC.O=C(CCn1cc(CN2CCC3(CC2)OCCc2cc(C(F)(F)F)sc23)cn1)NC1CC1. The molecule has 1 spiro atoms. The van der Waals surface area contributed by atoms with Gasteiger partial charge in [-0.05, 0) is 43.7 Å². The molecule has 1 aliphatic carbocycles. The average molecular weight is 499 g/mol. The van der Waals surface area contributed by atoms with Gasteiger partial charge in [0.15, 0.2) is 0 Å². The van der Waals surface area contributed by atoms with E-state index in [0.717, 1.165) is 59.8 Å². The van der Waals surface area contributed by atoms with Crippen molar-refractivity contribution in [3.63, 3.8) is 0 Å². The molecule has 0 bridgehead atoms. The van der Waals surface area contributed by atoms with Crippen LogP contribution in [0.5, 0.6) is 0 Å². The molecule has 2 aromatic rings. The van der Waals surface area contributed by atoms with E-state index in [1.54, 1.807) is 4.68 Å². The van der Waals surface area contributed by atoms with Crippen LogP contribution in [0, 0.1) is 0 Å². The Kier molecular flexibility index (Phi) is 7.69. The lowest BCUT2D eigenvalue weighted by atomic mass is 9.85. The number of carbonyl (C=O) groups is 1. The first-order chi connectivity index (χ1) is 16.3. The van der Waals surface area contributed by atoms with Gasteiger partial charge in [0.1, 0.15) is 10.5 Å². The first-order valence-electron chi connectivity index (χ1n) is 12.2. The second kappa shape index (κ2) is 10.4. The van der Waals surface area contributed by atoms with Crippen molar-refractivity contribution in [1.29, 1.82) is 0 Å². The normalized spacial score (nSPS) is 19.9. The van der Waals surface area contributed by atoms with Crippen LogP contribution in [0.3, 0.4) is 0 Å². The van der Waals surface area contributed by atoms with E-state index in [2.05, 4.69) is 15.3 Å². The number of nitrogens with one attached hydrogen (secondary N) is 1. The number of thiophene rings is 1. The van der Waals surface area contributed by atoms with Gasteiger partial charge in [0, 0.05) is 55.3 Å². The minimum Gasteiger partial charge on any atom is -0.369 e. The number of nitrogens with zero attached hydrogens (tertiary/aromatic N) is 3. The first-order valence-corrected chi connectivity index (χ1v) is 13.0. The van der Waals surface area contributed by atoms with E-state index in [4.69, 9.17) is 4.74 Å². The fraction of sp³-hybridized carbons (Fsp3) is 0.667. The summed E-state index contributed by atoms with van der Waals surface area (Å²) in [5, 5.41) is 7.35. The maximum absolute atomic E-state index is 13.2. The van der Waals surface area contributed by atoms with Gasteiger partial charge < -0.3 is 10.1 Å². The number of piperidine rings is 1. The number of alkyl halides is 3. The van der Waals surface area contributed by atoms with Crippen molar-refractivity contribution in [2.45, 2.75) is 83.3 Å². The molecule has 34 heavy (non-hydrogen) atoms. The van der Waals surface area contributed by atoms with Crippen molar-refractivity contribution >= 4 is 17.2 Å². The smallest absolute Gasteiger partial charge is 0.369 e. The van der Waals surface area contributed by atoms with Crippen LogP contribution in [0.15, 0.2) is 18.5 Å². The Balaban J connectivity index is 0.00000133. The van der Waals surface area contributed by atoms with Gasteiger partial charge in [0.05, 0.1) is 12.8 Å². The molecule has 2 aromatic heterocycles. The first kappa shape index (κ1) is 25.2. The van der Waals surface area contributed by atoms with Crippen LogP contribution in [-0.2, 0) is 40.8 Å². The number of ether oxygens (including phenoxy) is 1. The van der Waals surface area contributed by atoms with E-state index in [1.807, 2.05) is 26.2 Å². The summed E-state index contributed by atoms with van der Waals surface area (Å²) in [5.41, 5.74) is 1.29. The second-order valence-electron chi connectivity index (χ2n) is 9.04. The molecule has 10 heteroatoms. The third kappa shape index (κ3) is 5.83. The quantitative estimate of drug-likeness (QED) is 0.626. The fourth-order valence-electron chi connectivity index (χ4n) is 4.62. The van der Waals surface area contributed by atoms with Gasteiger partial charge >= 0.3 is 6.18 Å². The van der Waals surface area contributed by atoms with Crippen LogP contribution in [0.2, 0.25) is 0 Å². The molecule has 1 amide bonds. The Hall–Kier alpha value is -1.91. The van der Waals surface area contributed by atoms with E-state index in [9.17, 15) is 18.0 Å². The zero-order valence-corrected chi connectivity index (χ0v) is 20.6. The van der Waals surface area contributed by atoms with E-state index in [1.165, 1.54) is 6.07 Å². The molecule has 2 fully saturated rings. The molecular weight excluding hydrogens is 465 g/mol. The molecule has 0 aromatic carbocycles. The average Bonchev–Trinajstić information content (AvgIpc) is 3.32. The summed E-state index contributed by atoms with van der Waals surface area (Å²) in [5.74, 6) is 0.0694. The largest absolute Gasteiger partial charge is 0.425 e. The third-order valence-electron chi connectivity index (χ3n) is 6.52. The predicted octanol–water partition coefficient (Wildman–Crippen LogP) is 4.72. The summed E-state index contributed by atoms with van der Waals surface area (Å²) in [7, 11) is 0. The minimum atomic E-state index is -4.30. The summed E-state index contributed by atoms with van der Waals surface area (Å²) in [6.45, 7) is 7.27. The van der Waals surface area contributed by atoms with Crippen molar-refractivity contribution in [3.05, 3.63) is 39.3 Å². The van der Waals surface area contributed by atoms with E-state index >= 15 is 0 Å². The second-order valence-corrected chi connectivity index (χ2v) is 10.1. The molecule has 4 heterocycles. The lowest BCUT2D eigenvalue weighted by Crippen LogP contribution is -2.45. The van der Waals surface area contributed by atoms with E-state index in [-0.39, 0.29) is 5.91 Å². The topological polar surface area (TPSA) is 59.4 Å². The van der Waals surface area contributed by atoms with E-state index in [0.29, 0.717) is 44.9 Å². The number of aryl methyl sites for hydroxylation is 1. The van der Waals surface area contributed by atoms with Gasteiger partial charge in [0.2, 0.25) is 5.91 Å². The number of aromatic nitrogens is 2. The molecule has 2 aliphatic heterocycles. The highest BCUT2D eigenvalue weighted by atomic mass is 32.1. The zero-order chi connectivity index (χ0) is 24.3. The lowest BCUT2D eigenvalue weighted by Gasteiger charge is -2.43. The minimum absolute atomic E-state index is 0.0694. The molecule has 0 radical (unpaired) electrons. The highest BCUT2D eigenvalue weighted by Crippen LogP contribution is 2.48. The van der Waals surface area contributed by atoms with Crippen LogP contribution < -0.4 is 5.32 Å². The number of fused-ring (bicyclic) bond motifs is 2. The maximum Gasteiger partial charge on any atom is 0.425 e. The monoisotopic (exact) mass is 498 g/mol. The van der Waals surface area contributed by atoms with Gasteiger partial charge in [-0.25, -0.2) is 0 Å². The Morgan fingerprint density at radius 3 is 2.71 bits per heavy atom. The summed E-state index contributed by atoms with van der Waals surface area (Å²) < 4.78 is 47.6. The zero-order valence-electron chi connectivity index (χ0n) is 19.8. The van der Waals surface area contributed by atoms with Crippen LogP contribution in [0.4, 0.5) is 13.2 Å². The fourth-order valence-corrected chi connectivity index (χ4v) is 5.90. The number of rotatable bonds is 6. The highest BCUT2D eigenvalue weighted by Gasteiger charge is 2.45. The summed E-state index contributed by atoms with van der Waals surface area (Å²) in [4.78, 5) is 14.4. The number of hydrogen-bond donors (Lipinski definition) is 1. The molecule has 3 aliphatic rings. The Morgan fingerprint density at radius 1 is 1.29 bits per heavy atom. The van der Waals surface area contributed by atoms with Gasteiger partial charge in [0.25, 0.3) is 0 Å². The number of halogens is 3. The van der Waals surface area contributed by atoms with Gasteiger partial charge in [-0.2, -0.15) is 18.3 Å². The Morgan fingerprint density at radius 2 is 2.03 bits per heavy atom. The van der Waals surface area contributed by atoms with Gasteiger partial charge in [-0.1, -0.05) is 13.8 Å². The molecule has 1 saturated carbocycles. The lowest BCUT2D eigenvalue weighted by molar-refractivity contribution is -0.134. The molecule has 6 nitrogen and oxygen atoms in total. The van der Waals surface area contributed by atoms with Crippen molar-refractivity contribution in [1.82, 2.24) is 20.0 Å². The third-order valence-corrected chi connectivity index (χ3v) is 7.93. The Bertz CT molecular complexity index is 975. The Labute approximate surface area is 202 Å². The molecule has 0 atom stereocenters. The van der Waals surface area contributed by atoms with Crippen LogP contribution >= 0.6 is 11.3 Å². The van der Waals surface area contributed by atoms with Crippen molar-refractivity contribution in [3.8, 4) is 0 Å². The summed E-state index contributed by atoms with van der Waals surface area (Å²) >= 11 is 0.857. The van der Waals surface area contributed by atoms with Gasteiger partial charge in [-0.15, -0.1) is 11.3 Å². The summed E-state index contributed by atoms with van der Waals surface area (Å²) in [6.07, 6.45) is 4.00. The number of carbonyl (C=O) groups excluding carboxylic acids is 1. The van der Waals surface area contributed by atoms with Crippen molar-refractivity contribution in [2.24, 2.45) is 0 Å². The molecule has 5 rings (SSSR count).